The van der Waals surface area contributed by atoms with Gasteiger partial charge in [-0.2, -0.15) is 0 Å². The molecule has 0 fully saturated rings. The van der Waals surface area contributed by atoms with Gasteiger partial charge in [-0.15, -0.1) is 22.7 Å². The minimum Gasteiger partial charge on any atom is -0.457 e. The van der Waals surface area contributed by atoms with Crippen LogP contribution >= 0.6 is 22.7 Å². The SMILES string of the molecule is Cc1cc2c3c(c1)N(c1cc(N(c4ccc(C(C)(C)C)cc4)c4ccc(C(C)(C)C)cc4)c4c(c1)sc1ccccc14)c1ccc(C(C)(C)C)cc1B3c1sc3ccc(C(C)(C)C)cc3c1O2. The van der Waals surface area contributed by atoms with Gasteiger partial charge in [0, 0.05) is 63.5 Å². The summed E-state index contributed by atoms with van der Waals surface area (Å²) in [4.78, 5) is 5.06. The van der Waals surface area contributed by atoms with Crippen LogP contribution in [0.4, 0.5) is 34.1 Å². The Balaban J connectivity index is 1.20. The highest BCUT2D eigenvalue weighted by Crippen LogP contribution is 2.51. The van der Waals surface area contributed by atoms with Crippen molar-refractivity contribution in [3.8, 4) is 11.5 Å². The van der Waals surface area contributed by atoms with Gasteiger partial charge in [0.15, 0.2) is 0 Å². The van der Waals surface area contributed by atoms with Crippen LogP contribution in [0, 0.1) is 6.92 Å². The van der Waals surface area contributed by atoms with Crippen molar-refractivity contribution in [3.63, 3.8) is 0 Å². The smallest absolute Gasteiger partial charge is 0.268 e. The van der Waals surface area contributed by atoms with Gasteiger partial charge in [-0.05, 0) is 140 Å². The highest BCUT2D eigenvalue weighted by Gasteiger charge is 2.44. The molecule has 2 aliphatic rings. The third-order valence-corrected chi connectivity index (χ3v) is 16.5. The molecule has 0 saturated carbocycles. The minimum atomic E-state index is -0.0409. The van der Waals surface area contributed by atoms with Crippen LogP contribution in [0.3, 0.4) is 0 Å². The Morgan fingerprint density at radius 1 is 0.507 bits per heavy atom. The van der Waals surface area contributed by atoms with E-state index in [4.69, 9.17) is 4.74 Å². The zero-order valence-corrected chi connectivity index (χ0v) is 43.0. The summed E-state index contributed by atoms with van der Waals surface area (Å²) in [5.74, 6) is 1.97. The Morgan fingerprint density at radius 2 is 1.07 bits per heavy atom. The van der Waals surface area contributed by atoms with Crippen molar-refractivity contribution in [1.29, 1.82) is 0 Å². The lowest BCUT2D eigenvalue weighted by Crippen LogP contribution is -2.58. The molecule has 67 heavy (non-hydrogen) atoms. The third kappa shape index (κ3) is 7.29. The first-order valence-corrected chi connectivity index (χ1v) is 25.6. The summed E-state index contributed by atoms with van der Waals surface area (Å²) in [6.45, 7) is 29.9. The summed E-state index contributed by atoms with van der Waals surface area (Å²) in [5, 5.41) is 3.75. The summed E-state index contributed by atoms with van der Waals surface area (Å²) in [7, 11) is 0. The summed E-state index contributed by atoms with van der Waals surface area (Å²) >= 11 is 3.78. The fraction of sp³-hybridized carbons (Fsp3) is 0.279. The van der Waals surface area contributed by atoms with Crippen molar-refractivity contribution in [2.45, 2.75) is 112 Å². The normalized spacial score (nSPS) is 13.8. The average molecular weight is 913 g/mol. The molecule has 7 aromatic carbocycles. The Kier molecular flexibility index (Phi) is 9.85. The van der Waals surface area contributed by atoms with Gasteiger partial charge in [0.2, 0.25) is 0 Å². The highest BCUT2D eigenvalue weighted by atomic mass is 32.1. The van der Waals surface area contributed by atoms with E-state index in [2.05, 4.69) is 233 Å². The lowest BCUT2D eigenvalue weighted by atomic mass is 9.36. The number of anilines is 6. The first-order valence-electron chi connectivity index (χ1n) is 23.9. The lowest BCUT2D eigenvalue weighted by Gasteiger charge is -2.40. The van der Waals surface area contributed by atoms with Crippen molar-refractivity contribution < 1.29 is 4.74 Å². The maximum atomic E-state index is 7.26. The van der Waals surface area contributed by atoms with Crippen LogP contribution < -0.4 is 30.2 Å². The van der Waals surface area contributed by atoms with Crippen LogP contribution in [-0.4, -0.2) is 6.71 Å². The molecule has 0 unspecified atom stereocenters. The minimum absolute atomic E-state index is 0.0186. The fourth-order valence-corrected chi connectivity index (χ4v) is 12.7. The van der Waals surface area contributed by atoms with Gasteiger partial charge in [-0.25, -0.2) is 0 Å². The Bertz CT molecular complexity index is 3380. The summed E-state index contributed by atoms with van der Waals surface area (Å²) in [6.07, 6.45) is 0. The molecule has 0 atom stereocenters. The number of aryl methyl sites for hydroxylation is 1. The maximum Gasteiger partial charge on any atom is 0.268 e. The molecule has 0 N–H and O–H groups in total. The van der Waals surface area contributed by atoms with Crippen LogP contribution in [0.15, 0.2) is 133 Å². The second-order valence-electron chi connectivity index (χ2n) is 23.2. The molecule has 0 saturated heterocycles. The first-order chi connectivity index (χ1) is 31.6. The van der Waals surface area contributed by atoms with Gasteiger partial charge < -0.3 is 14.5 Å². The molecule has 6 heteroatoms. The maximum absolute atomic E-state index is 7.26. The molecular weight excluding hydrogens is 852 g/mol. The predicted molar refractivity (Wildman–Crippen MR) is 295 cm³/mol. The molecule has 2 aromatic heterocycles. The van der Waals surface area contributed by atoms with Gasteiger partial charge in [-0.1, -0.05) is 144 Å². The van der Waals surface area contributed by atoms with Crippen molar-refractivity contribution in [1.82, 2.24) is 0 Å². The van der Waals surface area contributed by atoms with E-state index in [0.29, 0.717) is 0 Å². The number of benzene rings is 7. The van der Waals surface area contributed by atoms with Gasteiger partial charge in [0.05, 0.1) is 5.69 Å². The first kappa shape index (κ1) is 43.7. The molecule has 0 aliphatic carbocycles. The molecule has 0 radical (unpaired) electrons. The molecule has 3 nitrogen and oxygen atoms in total. The van der Waals surface area contributed by atoms with Crippen LogP contribution in [0.25, 0.3) is 30.3 Å². The Hall–Kier alpha value is -5.82. The molecule has 11 rings (SSSR count). The predicted octanol–water partition coefficient (Wildman–Crippen LogP) is 16.6. The van der Waals surface area contributed by atoms with Crippen LogP contribution in [0.5, 0.6) is 11.5 Å². The molecular formula is C61H61BN2OS2. The van der Waals surface area contributed by atoms with E-state index in [-0.39, 0.29) is 28.4 Å². The van der Waals surface area contributed by atoms with E-state index < -0.39 is 0 Å². The van der Waals surface area contributed by atoms with Crippen molar-refractivity contribution in [3.05, 3.63) is 161 Å². The standard InChI is InChI=1S/C61H61BN2OS2/c1-36-30-49-55-50(31-36)65-56-45-32-39(60(8,9)10)23-29-52(45)67-57(56)62(55)46-33-40(61(11,12)13)22-28-47(46)64(49)43-34-48(54-44-16-14-15-17-51(44)66-53(54)35-43)63(41-24-18-37(19-25-41)58(2,3)4)42-26-20-38(21-27-42)59(5,6)7/h14-35H,1-13H3. The van der Waals surface area contributed by atoms with E-state index in [1.54, 1.807) is 0 Å². The van der Waals surface area contributed by atoms with Crippen molar-refractivity contribution >= 4 is 109 Å². The van der Waals surface area contributed by atoms with Crippen LogP contribution in [-0.2, 0) is 21.7 Å². The largest absolute Gasteiger partial charge is 0.457 e. The van der Waals surface area contributed by atoms with E-state index >= 15 is 0 Å². The number of thiophene rings is 2. The Labute approximate surface area is 406 Å². The summed E-state index contributed by atoms with van der Waals surface area (Å²) < 4.78 is 12.3. The van der Waals surface area contributed by atoms with Gasteiger partial charge in [-0.3, -0.25) is 0 Å². The number of ether oxygens (including phenoxy) is 1. The molecule has 9 aromatic rings. The third-order valence-electron chi connectivity index (χ3n) is 14.2. The van der Waals surface area contributed by atoms with Gasteiger partial charge in [0.25, 0.3) is 6.71 Å². The number of nitrogens with zero attached hydrogens (tertiary/aromatic N) is 2. The second-order valence-corrected chi connectivity index (χ2v) is 25.4. The molecule has 0 bridgehead atoms. The number of rotatable bonds is 4. The van der Waals surface area contributed by atoms with E-state index in [9.17, 15) is 0 Å². The van der Waals surface area contributed by atoms with E-state index in [0.717, 1.165) is 34.2 Å². The van der Waals surface area contributed by atoms with Crippen molar-refractivity contribution in [2.75, 3.05) is 9.80 Å². The molecule has 0 spiro atoms. The number of hydrogen-bond acceptors (Lipinski definition) is 5. The zero-order valence-electron chi connectivity index (χ0n) is 41.4. The summed E-state index contributed by atoms with van der Waals surface area (Å²) in [6, 6.07) is 51.4. The Morgan fingerprint density at radius 3 is 1.70 bits per heavy atom. The highest BCUT2D eigenvalue weighted by molar-refractivity contribution is 7.33. The van der Waals surface area contributed by atoms with Crippen LogP contribution in [0.1, 0.15) is 111 Å². The molecule has 336 valence electrons. The zero-order chi connectivity index (χ0) is 47.1. The second kappa shape index (κ2) is 15.1. The molecule has 0 amide bonds. The van der Waals surface area contributed by atoms with Crippen molar-refractivity contribution in [2.24, 2.45) is 0 Å². The number of hydrogen-bond donors (Lipinski definition) is 0. The van der Waals surface area contributed by atoms with E-state index in [1.807, 2.05) is 22.7 Å². The molecule has 4 heterocycles. The molecule has 2 aliphatic heterocycles. The number of fused-ring (bicyclic) bond motifs is 9. The topological polar surface area (TPSA) is 15.7 Å². The van der Waals surface area contributed by atoms with Gasteiger partial charge in [0.1, 0.15) is 11.5 Å². The van der Waals surface area contributed by atoms with Gasteiger partial charge >= 0.3 is 0 Å². The average Bonchev–Trinajstić information content (AvgIpc) is 3.83. The van der Waals surface area contributed by atoms with E-state index in [1.165, 1.54) is 85.2 Å². The monoisotopic (exact) mass is 912 g/mol. The lowest BCUT2D eigenvalue weighted by molar-refractivity contribution is 0.494. The van der Waals surface area contributed by atoms with Crippen LogP contribution in [0.2, 0.25) is 0 Å². The fourth-order valence-electron chi connectivity index (χ4n) is 10.3. The summed E-state index contributed by atoms with van der Waals surface area (Å²) in [5.41, 5.74) is 16.0. The quantitative estimate of drug-likeness (QED) is 0.164.